The van der Waals surface area contributed by atoms with E-state index in [1.807, 2.05) is 30.5 Å². The molecule has 1 aromatic carbocycles. The number of nitrogens with one attached hydrogen (secondary N) is 1. The maximum absolute atomic E-state index is 12.6. The molecular formula is C17H17N3O3S. The van der Waals surface area contributed by atoms with Crippen LogP contribution in [0.2, 0.25) is 0 Å². The quantitative estimate of drug-likeness (QED) is 0.768. The number of hydrogen-bond acceptors (Lipinski definition) is 5. The summed E-state index contributed by atoms with van der Waals surface area (Å²) in [5.74, 6) is 0. The van der Waals surface area contributed by atoms with Crippen molar-refractivity contribution in [1.82, 2.24) is 9.88 Å². The number of carbonyl (C=O) groups excluding carboxylic acids is 1. The van der Waals surface area contributed by atoms with Crippen LogP contribution >= 0.6 is 11.3 Å². The zero-order chi connectivity index (χ0) is 16.5. The first-order chi connectivity index (χ1) is 11.7. The van der Waals surface area contributed by atoms with Crippen molar-refractivity contribution in [2.75, 3.05) is 25.0 Å². The Kier molecular flexibility index (Phi) is 3.95. The molecule has 2 aromatic heterocycles. The number of morpholine rings is 1. The van der Waals surface area contributed by atoms with Crippen molar-refractivity contribution < 1.29 is 13.9 Å². The molecule has 0 bridgehead atoms. The summed E-state index contributed by atoms with van der Waals surface area (Å²) in [4.78, 5) is 18.6. The third-order valence-corrected chi connectivity index (χ3v) is 4.97. The molecule has 1 aliphatic rings. The lowest BCUT2D eigenvalue weighted by molar-refractivity contribution is -0.0135. The molecule has 1 saturated heterocycles. The number of anilines is 1. The predicted octanol–water partition coefficient (Wildman–Crippen LogP) is 3.80. The second kappa shape index (κ2) is 6.26. The molecule has 0 radical (unpaired) electrons. The lowest BCUT2D eigenvalue weighted by Crippen LogP contribution is -2.44. The van der Waals surface area contributed by atoms with Crippen LogP contribution in [-0.4, -0.2) is 35.6 Å². The van der Waals surface area contributed by atoms with Crippen molar-refractivity contribution in [3.05, 3.63) is 46.6 Å². The minimum absolute atomic E-state index is 0.125. The highest BCUT2D eigenvalue weighted by Crippen LogP contribution is 2.26. The Hall–Kier alpha value is -2.38. The fourth-order valence-corrected chi connectivity index (χ4v) is 3.49. The summed E-state index contributed by atoms with van der Waals surface area (Å²) in [5.41, 5.74) is 2.63. The van der Waals surface area contributed by atoms with Crippen LogP contribution in [0.5, 0.6) is 0 Å². The number of carbonyl (C=O) groups is 1. The van der Waals surface area contributed by atoms with Crippen LogP contribution in [0.1, 0.15) is 16.7 Å². The molecule has 3 heterocycles. The molecule has 0 unspecified atom stereocenters. The lowest BCUT2D eigenvalue weighted by Gasteiger charge is -2.32. The Morgan fingerprint density at radius 3 is 3.21 bits per heavy atom. The number of ether oxygens (including phenoxy) is 1. The first-order valence-electron chi connectivity index (χ1n) is 7.75. The second-order valence-corrected chi connectivity index (χ2v) is 6.66. The van der Waals surface area contributed by atoms with Crippen LogP contribution in [0, 0.1) is 6.92 Å². The van der Waals surface area contributed by atoms with Gasteiger partial charge in [-0.1, -0.05) is 0 Å². The van der Waals surface area contributed by atoms with Gasteiger partial charge < -0.3 is 19.4 Å². The standard InChI is InChI=1S/C17H17N3O3S/c1-11-10-23-14-3-2-12(8-13(11)14)19-17(21)20-5-6-22-15(9-20)16-18-4-7-24-16/h2-4,7-8,10,15H,5-6,9H2,1H3,(H,19,21)/t15-/m0/s1. The molecule has 1 N–H and O–H groups in total. The highest BCUT2D eigenvalue weighted by Gasteiger charge is 2.27. The van der Waals surface area contributed by atoms with Gasteiger partial charge in [-0.2, -0.15) is 0 Å². The maximum atomic E-state index is 12.6. The number of aromatic nitrogens is 1. The van der Waals surface area contributed by atoms with Gasteiger partial charge in [0.15, 0.2) is 0 Å². The highest BCUT2D eigenvalue weighted by atomic mass is 32.1. The summed E-state index contributed by atoms with van der Waals surface area (Å²) < 4.78 is 11.2. The SMILES string of the molecule is Cc1coc2ccc(NC(=O)N3CCO[C@H](c4nccs4)C3)cc12. The number of amides is 2. The molecule has 0 spiro atoms. The van der Waals surface area contributed by atoms with E-state index < -0.39 is 0 Å². The van der Waals surface area contributed by atoms with E-state index in [0.717, 1.165) is 27.2 Å². The number of fused-ring (bicyclic) bond motifs is 1. The zero-order valence-corrected chi connectivity index (χ0v) is 14.0. The fourth-order valence-electron chi connectivity index (χ4n) is 2.81. The molecule has 3 aromatic rings. The minimum atomic E-state index is -0.150. The van der Waals surface area contributed by atoms with Gasteiger partial charge in [0, 0.05) is 29.2 Å². The van der Waals surface area contributed by atoms with Gasteiger partial charge in [-0.05, 0) is 30.7 Å². The molecule has 7 heteroatoms. The lowest BCUT2D eigenvalue weighted by atomic mass is 10.2. The van der Waals surface area contributed by atoms with Gasteiger partial charge in [0.05, 0.1) is 19.4 Å². The number of nitrogens with zero attached hydrogens (tertiary/aromatic N) is 2. The Labute approximate surface area is 143 Å². The number of furan rings is 1. The summed E-state index contributed by atoms with van der Waals surface area (Å²) in [7, 11) is 0. The van der Waals surface area contributed by atoms with Crippen molar-refractivity contribution in [1.29, 1.82) is 0 Å². The average molecular weight is 343 g/mol. The van der Waals surface area contributed by atoms with E-state index in [1.54, 1.807) is 28.7 Å². The van der Waals surface area contributed by atoms with Crippen LogP contribution < -0.4 is 5.32 Å². The van der Waals surface area contributed by atoms with Crippen LogP contribution in [-0.2, 0) is 4.74 Å². The van der Waals surface area contributed by atoms with E-state index in [2.05, 4.69) is 10.3 Å². The number of urea groups is 1. The monoisotopic (exact) mass is 343 g/mol. The van der Waals surface area contributed by atoms with E-state index in [-0.39, 0.29) is 12.1 Å². The third-order valence-electron chi connectivity index (χ3n) is 4.10. The molecule has 24 heavy (non-hydrogen) atoms. The van der Waals surface area contributed by atoms with Crippen molar-refractivity contribution in [3.8, 4) is 0 Å². The summed E-state index contributed by atoms with van der Waals surface area (Å²) in [5, 5.41) is 6.79. The number of hydrogen-bond donors (Lipinski definition) is 1. The van der Waals surface area contributed by atoms with Crippen molar-refractivity contribution in [2.45, 2.75) is 13.0 Å². The maximum Gasteiger partial charge on any atom is 0.322 e. The van der Waals surface area contributed by atoms with Gasteiger partial charge in [-0.15, -0.1) is 11.3 Å². The van der Waals surface area contributed by atoms with E-state index >= 15 is 0 Å². The first-order valence-corrected chi connectivity index (χ1v) is 8.63. The van der Waals surface area contributed by atoms with Gasteiger partial charge in [0.1, 0.15) is 16.7 Å². The first kappa shape index (κ1) is 15.2. The summed E-state index contributed by atoms with van der Waals surface area (Å²) in [6.45, 7) is 3.57. The molecule has 1 aliphatic heterocycles. The molecule has 6 nitrogen and oxygen atoms in total. The van der Waals surface area contributed by atoms with E-state index in [1.165, 1.54) is 0 Å². The topological polar surface area (TPSA) is 67.6 Å². The second-order valence-electron chi connectivity index (χ2n) is 5.74. The largest absolute Gasteiger partial charge is 0.464 e. The van der Waals surface area contributed by atoms with Crippen LogP contribution in [0.4, 0.5) is 10.5 Å². The van der Waals surface area contributed by atoms with Gasteiger partial charge in [0.25, 0.3) is 0 Å². The molecule has 0 saturated carbocycles. The van der Waals surface area contributed by atoms with Crippen LogP contribution in [0.25, 0.3) is 11.0 Å². The molecule has 124 valence electrons. The molecule has 2 amide bonds. The van der Waals surface area contributed by atoms with Crippen molar-refractivity contribution >= 4 is 34.0 Å². The Bertz CT molecular complexity index is 859. The Morgan fingerprint density at radius 2 is 2.38 bits per heavy atom. The average Bonchev–Trinajstić information content (AvgIpc) is 3.26. The summed E-state index contributed by atoms with van der Waals surface area (Å²) >= 11 is 1.55. The normalized spacial score (nSPS) is 18.0. The van der Waals surface area contributed by atoms with Crippen LogP contribution in [0.3, 0.4) is 0 Å². The molecule has 1 atom stereocenters. The molecule has 1 fully saturated rings. The van der Waals surface area contributed by atoms with Crippen molar-refractivity contribution in [2.24, 2.45) is 0 Å². The third kappa shape index (κ3) is 2.88. The summed E-state index contributed by atoms with van der Waals surface area (Å²) in [6.07, 6.45) is 3.32. The van der Waals surface area contributed by atoms with E-state index in [9.17, 15) is 4.79 Å². The fraction of sp³-hybridized carbons (Fsp3) is 0.294. The number of benzene rings is 1. The minimum Gasteiger partial charge on any atom is -0.464 e. The Balaban J connectivity index is 1.47. The zero-order valence-electron chi connectivity index (χ0n) is 13.2. The van der Waals surface area contributed by atoms with Crippen LogP contribution in [0.15, 0.2) is 40.5 Å². The molecule has 0 aliphatic carbocycles. The molecular weight excluding hydrogens is 326 g/mol. The number of thiazole rings is 1. The summed E-state index contributed by atoms with van der Waals surface area (Å²) in [6, 6.07) is 5.53. The molecule has 4 rings (SSSR count). The van der Waals surface area contributed by atoms with Gasteiger partial charge in [-0.25, -0.2) is 9.78 Å². The van der Waals surface area contributed by atoms with Gasteiger partial charge in [-0.3, -0.25) is 0 Å². The van der Waals surface area contributed by atoms with E-state index in [4.69, 9.17) is 9.15 Å². The number of rotatable bonds is 2. The van der Waals surface area contributed by atoms with Gasteiger partial charge >= 0.3 is 6.03 Å². The predicted molar refractivity (Wildman–Crippen MR) is 92.3 cm³/mol. The smallest absolute Gasteiger partial charge is 0.322 e. The number of aryl methyl sites for hydroxylation is 1. The van der Waals surface area contributed by atoms with Crippen molar-refractivity contribution in [3.63, 3.8) is 0 Å². The highest BCUT2D eigenvalue weighted by molar-refractivity contribution is 7.09. The Morgan fingerprint density at radius 1 is 1.46 bits per heavy atom. The van der Waals surface area contributed by atoms with E-state index in [0.29, 0.717) is 19.7 Å². The van der Waals surface area contributed by atoms with Gasteiger partial charge in [0.2, 0.25) is 0 Å².